The molecule has 0 unspecified atom stereocenters. The van der Waals surface area contributed by atoms with Crippen LogP contribution in [-0.4, -0.2) is 29.3 Å². The Hall–Kier alpha value is -2.35. The lowest BCUT2D eigenvalue weighted by atomic mass is 10.1. The Morgan fingerprint density at radius 3 is 2.43 bits per heavy atom. The molecule has 2 rings (SSSR count). The molecule has 2 aromatic rings. The van der Waals surface area contributed by atoms with Gasteiger partial charge in [-0.05, 0) is 51.5 Å². The molecule has 0 aliphatic carbocycles. The molecular formula is C15H19N3O4S. The van der Waals surface area contributed by atoms with Crippen LogP contribution < -0.4 is 4.72 Å². The molecule has 124 valence electrons. The van der Waals surface area contributed by atoms with E-state index in [2.05, 4.69) is 9.82 Å². The Bertz CT molecular complexity index is 869. The van der Waals surface area contributed by atoms with Gasteiger partial charge in [0.25, 0.3) is 10.0 Å². The number of sulfonamides is 1. The lowest BCUT2D eigenvalue weighted by molar-refractivity contribution is 0.0697. The van der Waals surface area contributed by atoms with Crippen molar-refractivity contribution in [2.45, 2.75) is 39.1 Å². The van der Waals surface area contributed by atoms with Gasteiger partial charge >= 0.3 is 5.97 Å². The minimum absolute atomic E-state index is 0.108. The summed E-state index contributed by atoms with van der Waals surface area (Å²) in [6.45, 7) is 7.47. The first kappa shape index (κ1) is 17.0. The SMILES string of the molecule is CCn1nc(C)c(S(=O)(=O)Nc2ccc(C(=O)O)cc2C)c1C. The van der Waals surface area contributed by atoms with Crippen LogP contribution in [0.25, 0.3) is 0 Å². The van der Waals surface area contributed by atoms with Gasteiger partial charge in [-0.2, -0.15) is 5.10 Å². The maximum Gasteiger partial charge on any atom is 0.335 e. The van der Waals surface area contributed by atoms with E-state index in [1.807, 2.05) is 6.92 Å². The number of hydrogen-bond acceptors (Lipinski definition) is 4. The Balaban J connectivity index is 2.43. The zero-order chi connectivity index (χ0) is 17.4. The molecule has 23 heavy (non-hydrogen) atoms. The predicted octanol–water partition coefficient (Wildman–Crippen LogP) is 2.33. The van der Waals surface area contributed by atoms with Crippen LogP contribution in [0.3, 0.4) is 0 Å². The number of aryl methyl sites for hydroxylation is 3. The summed E-state index contributed by atoms with van der Waals surface area (Å²) in [6, 6.07) is 4.24. The van der Waals surface area contributed by atoms with Gasteiger partial charge in [-0.15, -0.1) is 0 Å². The van der Waals surface area contributed by atoms with Gasteiger partial charge < -0.3 is 5.11 Å². The van der Waals surface area contributed by atoms with Gasteiger partial charge in [-0.25, -0.2) is 13.2 Å². The van der Waals surface area contributed by atoms with Crippen LogP contribution in [0.5, 0.6) is 0 Å². The number of carboxylic acids is 1. The third kappa shape index (κ3) is 3.21. The van der Waals surface area contributed by atoms with E-state index in [4.69, 9.17) is 5.11 Å². The second-order valence-electron chi connectivity index (χ2n) is 5.26. The lowest BCUT2D eigenvalue weighted by Gasteiger charge is -2.11. The van der Waals surface area contributed by atoms with Crippen molar-refractivity contribution < 1.29 is 18.3 Å². The number of nitrogens with one attached hydrogen (secondary N) is 1. The summed E-state index contributed by atoms with van der Waals surface area (Å²) in [7, 11) is -3.80. The van der Waals surface area contributed by atoms with E-state index in [-0.39, 0.29) is 10.5 Å². The van der Waals surface area contributed by atoms with Gasteiger partial charge in [0, 0.05) is 6.54 Å². The highest BCUT2D eigenvalue weighted by Gasteiger charge is 2.25. The molecule has 1 heterocycles. The number of aromatic nitrogens is 2. The smallest absolute Gasteiger partial charge is 0.335 e. The quantitative estimate of drug-likeness (QED) is 0.872. The third-order valence-corrected chi connectivity index (χ3v) is 5.22. The molecule has 8 heteroatoms. The summed E-state index contributed by atoms with van der Waals surface area (Å²) >= 11 is 0. The van der Waals surface area contributed by atoms with Crippen molar-refractivity contribution in [3.8, 4) is 0 Å². The fraction of sp³-hybridized carbons (Fsp3) is 0.333. The van der Waals surface area contributed by atoms with Gasteiger partial charge in [-0.1, -0.05) is 0 Å². The van der Waals surface area contributed by atoms with Crippen LogP contribution in [0, 0.1) is 20.8 Å². The van der Waals surface area contributed by atoms with Crippen LogP contribution in [0.4, 0.5) is 5.69 Å². The van der Waals surface area contributed by atoms with Gasteiger partial charge in [0.05, 0.1) is 22.6 Å². The first-order chi connectivity index (χ1) is 10.7. The third-order valence-electron chi connectivity index (χ3n) is 3.60. The molecule has 0 spiro atoms. The van der Waals surface area contributed by atoms with E-state index in [9.17, 15) is 13.2 Å². The summed E-state index contributed by atoms with van der Waals surface area (Å²) < 4.78 is 29.5. The number of hydrogen-bond donors (Lipinski definition) is 2. The van der Waals surface area contributed by atoms with E-state index < -0.39 is 16.0 Å². The fourth-order valence-electron chi connectivity index (χ4n) is 2.48. The van der Waals surface area contributed by atoms with E-state index in [0.717, 1.165) is 0 Å². The van der Waals surface area contributed by atoms with Crippen LogP contribution in [0.2, 0.25) is 0 Å². The Morgan fingerprint density at radius 1 is 1.30 bits per heavy atom. The molecule has 0 saturated carbocycles. The molecule has 1 aromatic heterocycles. The van der Waals surface area contributed by atoms with Crippen LogP contribution in [0.1, 0.15) is 34.2 Å². The molecule has 0 aliphatic heterocycles. The molecule has 0 bridgehead atoms. The van der Waals surface area contributed by atoms with Crippen LogP contribution >= 0.6 is 0 Å². The molecular weight excluding hydrogens is 318 g/mol. The Labute approximate surface area is 135 Å². The normalized spacial score (nSPS) is 11.5. The number of carbonyl (C=O) groups is 1. The lowest BCUT2D eigenvalue weighted by Crippen LogP contribution is -2.16. The number of rotatable bonds is 5. The topological polar surface area (TPSA) is 101 Å². The fourth-order valence-corrected chi connectivity index (χ4v) is 4.03. The molecule has 0 saturated heterocycles. The monoisotopic (exact) mass is 337 g/mol. The summed E-state index contributed by atoms with van der Waals surface area (Å²) in [6.07, 6.45) is 0. The van der Waals surface area contributed by atoms with Crippen LogP contribution in [0.15, 0.2) is 23.1 Å². The first-order valence-electron chi connectivity index (χ1n) is 7.08. The van der Waals surface area contributed by atoms with E-state index in [0.29, 0.717) is 29.2 Å². The van der Waals surface area contributed by atoms with Gasteiger partial charge in [0.1, 0.15) is 4.90 Å². The second-order valence-corrected chi connectivity index (χ2v) is 6.88. The standard InChI is InChI=1S/C15H19N3O4S/c1-5-18-11(4)14(10(3)16-18)23(21,22)17-13-7-6-12(15(19)20)8-9(13)2/h6-8,17H,5H2,1-4H3,(H,19,20). The zero-order valence-corrected chi connectivity index (χ0v) is 14.2. The van der Waals surface area contributed by atoms with Crippen molar-refractivity contribution in [3.05, 3.63) is 40.7 Å². The Kier molecular flexibility index (Phi) is 4.46. The molecule has 1 aromatic carbocycles. The average Bonchev–Trinajstić information content (AvgIpc) is 2.75. The highest BCUT2D eigenvalue weighted by Crippen LogP contribution is 2.25. The van der Waals surface area contributed by atoms with Crippen molar-refractivity contribution in [2.24, 2.45) is 0 Å². The van der Waals surface area contributed by atoms with Crippen molar-refractivity contribution in [1.82, 2.24) is 9.78 Å². The van der Waals surface area contributed by atoms with Crippen molar-refractivity contribution in [1.29, 1.82) is 0 Å². The zero-order valence-electron chi connectivity index (χ0n) is 13.4. The van der Waals surface area contributed by atoms with E-state index in [1.54, 1.807) is 25.5 Å². The second kappa shape index (κ2) is 6.04. The van der Waals surface area contributed by atoms with Gasteiger partial charge in [0.15, 0.2) is 0 Å². The molecule has 0 aliphatic rings. The largest absolute Gasteiger partial charge is 0.478 e. The predicted molar refractivity (Wildman–Crippen MR) is 86.3 cm³/mol. The highest BCUT2D eigenvalue weighted by atomic mass is 32.2. The number of benzene rings is 1. The number of anilines is 1. The van der Waals surface area contributed by atoms with Crippen molar-refractivity contribution in [3.63, 3.8) is 0 Å². The van der Waals surface area contributed by atoms with Gasteiger partial charge in [-0.3, -0.25) is 9.40 Å². The molecule has 0 radical (unpaired) electrons. The number of carboxylic acid groups (broad SMARTS) is 1. The van der Waals surface area contributed by atoms with Crippen molar-refractivity contribution in [2.75, 3.05) is 4.72 Å². The minimum Gasteiger partial charge on any atom is -0.478 e. The summed E-state index contributed by atoms with van der Waals surface area (Å²) in [5.41, 5.74) is 1.98. The van der Waals surface area contributed by atoms with E-state index >= 15 is 0 Å². The van der Waals surface area contributed by atoms with Gasteiger partial charge in [0.2, 0.25) is 0 Å². The minimum atomic E-state index is -3.80. The molecule has 7 nitrogen and oxygen atoms in total. The highest BCUT2D eigenvalue weighted by molar-refractivity contribution is 7.92. The van der Waals surface area contributed by atoms with Crippen LogP contribution in [-0.2, 0) is 16.6 Å². The summed E-state index contributed by atoms with van der Waals surface area (Å²) in [5.74, 6) is -1.06. The summed E-state index contributed by atoms with van der Waals surface area (Å²) in [5, 5.41) is 13.2. The van der Waals surface area contributed by atoms with E-state index in [1.165, 1.54) is 18.2 Å². The molecule has 0 fully saturated rings. The number of nitrogens with zero attached hydrogens (tertiary/aromatic N) is 2. The Morgan fingerprint density at radius 2 is 1.96 bits per heavy atom. The molecule has 0 amide bonds. The maximum atomic E-state index is 12.7. The maximum absolute atomic E-state index is 12.7. The number of aromatic carboxylic acids is 1. The molecule has 2 N–H and O–H groups in total. The molecule has 0 atom stereocenters. The van der Waals surface area contributed by atoms with Crippen molar-refractivity contribution >= 4 is 21.7 Å². The average molecular weight is 337 g/mol. The summed E-state index contributed by atoms with van der Waals surface area (Å²) in [4.78, 5) is 11.1. The first-order valence-corrected chi connectivity index (χ1v) is 8.56.